The molecule has 1 aliphatic heterocycles. The summed E-state index contributed by atoms with van der Waals surface area (Å²) < 4.78 is 4.87. The van der Waals surface area contributed by atoms with Crippen molar-refractivity contribution in [2.75, 3.05) is 19.7 Å². The van der Waals surface area contributed by atoms with Crippen LogP contribution in [-0.2, 0) is 0 Å². The van der Waals surface area contributed by atoms with Crippen LogP contribution in [-0.4, -0.2) is 35.6 Å². The second kappa shape index (κ2) is 4.24. The molecule has 1 N–H and O–H groups in total. The van der Waals surface area contributed by atoms with Gasteiger partial charge in [-0.2, -0.15) is 0 Å². The number of likely N-dealkylation sites (tertiary alicyclic amines) is 1. The maximum absolute atomic E-state index is 11.9. The number of aliphatic hydroxyl groups is 1. The average molecular weight is 230 g/mol. The fourth-order valence-electron chi connectivity index (χ4n) is 1.78. The largest absolute Gasteiger partial charge is 0.452 e. The van der Waals surface area contributed by atoms with E-state index < -0.39 is 0 Å². The molecule has 2 heterocycles. The molecule has 15 heavy (non-hydrogen) atoms. The normalized spacial score (nSPS) is 20.9. The number of hydrogen-bond donors (Lipinski definition) is 1. The van der Waals surface area contributed by atoms with Gasteiger partial charge in [0.25, 0.3) is 5.91 Å². The summed E-state index contributed by atoms with van der Waals surface area (Å²) >= 11 is 5.72. The van der Waals surface area contributed by atoms with Crippen LogP contribution in [0.5, 0.6) is 0 Å². The Morgan fingerprint density at radius 3 is 3.07 bits per heavy atom. The first-order chi connectivity index (χ1) is 7.22. The lowest BCUT2D eigenvalue weighted by Crippen LogP contribution is -2.28. The van der Waals surface area contributed by atoms with Gasteiger partial charge >= 0.3 is 0 Å². The number of furan rings is 1. The molecule has 0 bridgehead atoms. The first-order valence-electron chi connectivity index (χ1n) is 4.85. The Bertz CT molecular complexity index is 363. The molecule has 1 fully saturated rings. The zero-order valence-corrected chi connectivity index (χ0v) is 8.91. The van der Waals surface area contributed by atoms with Crippen molar-refractivity contribution < 1.29 is 14.3 Å². The summed E-state index contributed by atoms with van der Waals surface area (Å²) in [6, 6.07) is 1.57. The second-order valence-electron chi connectivity index (χ2n) is 3.70. The van der Waals surface area contributed by atoms with E-state index in [2.05, 4.69) is 0 Å². The van der Waals surface area contributed by atoms with Crippen molar-refractivity contribution in [1.82, 2.24) is 4.90 Å². The minimum absolute atomic E-state index is 0.121. The van der Waals surface area contributed by atoms with E-state index in [0.717, 1.165) is 6.42 Å². The van der Waals surface area contributed by atoms with E-state index in [1.807, 2.05) is 0 Å². The Morgan fingerprint density at radius 1 is 1.73 bits per heavy atom. The summed E-state index contributed by atoms with van der Waals surface area (Å²) in [6.07, 6.45) is 2.24. The molecule has 1 amide bonds. The van der Waals surface area contributed by atoms with E-state index in [0.29, 0.717) is 18.7 Å². The Hall–Kier alpha value is -1.00. The highest BCUT2D eigenvalue weighted by molar-refractivity contribution is 6.32. The lowest BCUT2D eigenvalue weighted by molar-refractivity contribution is 0.0781. The molecule has 0 aliphatic carbocycles. The van der Waals surface area contributed by atoms with Gasteiger partial charge in [-0.3, -0.25) is 4.79 Å². The summed E-state index contributed by atoms with van der Waals surface area (Å²) in [5, 5.41) is 9.10. The minimum atomic E-state index is -0.121. The van der Waals surface area contributed by atoms with Crippen molar-refractivity contribution in [1.29, 1.82) is 0 Å². The van der Waals surface area contributed by atoms with Crippen molar-refractivity contribution in [2.24, 2.45) is 5.92 Å². The Kier molecular flexibility index (Phi) is 2.98. The van der Waals surface area contributed by atoms with E-state index in [1.54, 1.807) is 11.0 Å². The number of hydrogen-bond acceptors (Lipinski definition) is 3. The van der Waals surface area contributed by atoms with Crippen LogP contribution in [0.3, 0.4) is 0 Å². The topological polar surface area (TPSA) is 53.7 Å². The monoisotopic (exact) mass is 229 g/mol. The van der Waals surface area contributed by atoms with Crippen LogP contribution in [0, 0.1) is 5.92 Å². The summed E-state index contributed by atoms with van der Waals surface area (Å²) in [4.78, 5) is 13.6. The summed E-state index contributed by atoms with van der Waals surface area (Å²) in [7, 11) is 0. The van der Waals surface area contributed by atoms with Gasteiger partial charge in [0, 0.05) is 25.6 Å². The molecular weight excluding hydrogens is 218 g/mol. The number of carbonyl (C=O) groups is 1. The van der Waals surface area contributed by atoms with Crippen LogP contribution in [0.4, 0.5) is 0 Å². The van der Waals surface area contributed by atoms with Crippen molar-refractivity contribution >= 4 is 17.5 Å². The first-order valence-corrected chi connectivity index (χ1v) is 5.23. The molecule has 1 aliphatic rings. The third-order valence-corrected chi connectivity index (χ3v) is 2.97. The van der Waals surface area contributed by atoms with E-state index in [4.69, 9.17) is 21.1 Å². The van der Waals surface area contributed by atoms with Gasteiger partial charge in [-0.05, 0) is 24.1 Å². The molecule has 4 nitrogen and oxygen atoms in total. The van der Waals surface area contributed by atoms with Gasteiger partial charge in [0.2, 0.25) is 5.22 Å². The Balaban J connectivity index is 2.07. The molecular formula is C10H12ClNO3. The van der Waals surface area contributed by atoms with Gasteiger partial charge in [-0.25, -0.2) is 0 Å². The molecule has 0 radical (unpaired) electrons. The van der Waals surface area contributed by atoms with Gasteiger partial charge in [0.05, 0.1) is 11.8 Å². The number of nitrogens with zero attached hydrogens (tertiary/aromatic N) is 1. The molecule has 82 valence electrons. The molecule has 1 saturated heterocycles. The summed E-state index contributed by atoms with van der Waals surface area (Å²) in [6.45, 7) is 1.39. The highest BCUT2D eigenvalue weighted by Crippen LogP contribution is 2.22. The van der Waals surface area contributed by atoms with E-state index in [9.17, 15) is 4.79 Å². The van der Waals surface area contributed by atoms with Crippen LogP contribution in [0.25, 0.3) is 0 Å². The zero-order valence-electron chi connectivity index (χ0n) is 8.15. The number of aliphatic hydroxyl groups excluding tert-OH is 1. The maximum atomic E-state index is 11.9. The third-order valence-electron chi connectivity index (χ3n) is 2.68. The van der Waals surface area contributed by atoms with Gasteiger partial charge < -0.3 is 14.4 Å². The molecule has 1 atom stereocenters. The van der Waals surface area contributed by atoms with E-state index >= 15 is 0 Å². The zero-order chi connectivity index (χ0) is 10.8. The van der Waals surface area contributed by atoms with Crippen LogP contribution < -0.4 is 0 Å². The molecule has 5 heteroatoms. The lowest BCUT2D eigenvalue weighted by Gasteiger charge is -2.14. The predicted octanol–water partition coefficient (Wildman–Crippen LogP) is 1.39. The molecule has 0 saturated carbocycles. The van der Waals surface area contributed by atoms with Crippen molar-refractivity contribution in [3.05, 3.63) is 23.1 Å². The standard InChI is InChI=1S/C10H12ClNO3/c11-9-8(2-4-15-9)10(14)12-3-1-7(5-12)6-13/h2,4,7,13H,1,3,5-6H2. The van der Waals surface area contributed by atoms with Crippen LogP contribution in [0.15, 0.2) is 16.7 Å². The van der Waals surface area contributed by atoms with Gasteiger partial charge in [-0.1, -0.05) is 0 Å². The van der Waals surface area contributed by atoms with Crippen LogP contribution >= 0.6 is 11.6 Å². The summed E-state index contributed by atoms with van der Waals surface area (Å²) in [5.41, 5.74) is 0.398. The van der Waals surface area contributed by atoms with Crippen molar-refractivity contribution in [2.45, 2.75) is 6.42 Å². The third kappa shape index (κ3) is 2.01. The fourth-order valence-corrected chi connectivity index (χ4v) is 1.98. The fraction of sp³-hybridized carbons (Fsp3) is 0.500. The number of carbonyl (C=O) groups excluding carboxylic acids is 1. The number of amides is 1. The van der Waals surface area contributed by atoms with Crippen LogP contribution in [0.1, 0.15) is 16.8 Å². The quantitative estimate of drug-likeness (QED) is 0.834. The minimum Gasteiger partial charge on any atom is -0.452 e. The predicted molar refractivity (Wildman–Crippen MR) is 54.8 cm³/mol. The van der Waals surface area contributed by atoms with Gasteiger partial charge in [0.1, 0.15) is 0 Å². The van der Waals surface area contributed by atoms with Crippen LogP contribution in [0.2, 0.25) is 5.22 Å². The number of rotatable bonds is 2. The van der Waals surface area contributed by atoms with E-state index in [1.165, 1.54) is 6.26 Å². The van der Waals surface area contributed by atoms with Gasteiger partial charge in [-0.15, -0.1) is 0 Å². The summed E-state index contributed by atoms with van der Waals surface area (Å²) in [5.74, 6) is 0.0735. The first kappa shape index (κ1) is 10.5. The maximum Gasteiger partial charge on any atom is 0.258 e. The Labute approximate surface area is 92.4 Å². The SMILES string of the molecule is O=C(c1ccoc1Cl)N1CCC(CO)C1. The highest BCUT2D eigenvalue weighted by atomic mass is 35.5. The molecule has 1 unspecified atom stereocenters. The highest BCUT2D eigenvalue weighted by Gasteiger charge is 2.28. The molecule has 0 aromatic carbocycles. The lowest BCUT2D eigenvalue weighted by atomic mass is 10.1. The molecule has 1 aromatic rings. The molecule has 1 aromatic heterocycles. The average Bonchev–Trinajstić information content (AvgIpc) is 2.84. The van der Waals surface area contributed by atoms with Crippen molar-refractivity contribution in [3.63, 3.8) is 0 Å². The second-order valence-corrected chi connectivity index (χ2v) is 4.04. The number of halogens is 1. The molecule has 2 rings (SSSR count). The smallest absolute Gasteiger partial charge is 0.258 e. The van der Waals surface area contributed by atoms with Crippen molar-refractivity contribution in [3.8, 4) is 0 Å². The van der Waals surface area contributed by atoms with Gasteiger partial charge in [0.15, 0.2) is 0 Å². The Morgan fingerprint density at radius 2 is 2.53 bits per heavy atom. The molecule has 0 spiro atoms. The van der Waals surface area contributed by atoms with E-state index in [-0.39, 0.29) is 23.7 Å².